The molecule has 4 nitrogen and oxygen atoms in total. The number of nitrogens with zero attached hydrogens (tertiary/aromatic N) is 3. The summed E-state index contributed by atoms with van der Waals surface area (Å²) in [5, 5.41) is 0.817. The molecule has 2 N–H and O–H groups in total. The molecule has 17 heavy (non-hydrogen) atoms. The minimum Gasteiger partial charge on any atom is -0.383 e. The van der Waals surface area contributed by atoms with E-state index in [4.69, 9.17) is 13.6 Å². The molecule has 0 saturated heterocycles. The van der Waals surface area contributed by atoms with Gasteiger partial charge in [0.2, 0.25) is 0 Å². The summed E-state index contributed by atoms with van der Waals surface area (Å²) in [6.07, 6.45) is 8.62. The second kappa shape index (κ2) is 2.83. The van der Waals surface area contributed by atoms with Crippen LogP contribution in [0.3, 0.4) is 0 Å². The molecule has 2 aromatic rings. The lowest BCUT2D eigenvalue weighted by molar-refractivity contribution is 0.158. The van der Waals surface area contributed by atoms with E-state index >= 15 is 0 Å². The van der Waals surface area contributed by atoms with Crippen molar-refractivity contribution in [1.82, 2.24) is 14.5 Å². The number of hydrogen-bond donors (Lipinski definition) is 1. The first-order valence-electron chi connectivity index (χ1n) is 6.07. The summed E-state index contributed by atoms with van der Waals surface area (Å²) in [6.45, 7) is 0. The monoisotopic (exact) mass is 224 g/mol. The summed E-state index contributed by atoms with van der Waals surface area (Å²) in [6, 6.07) is 0. The van der Waals surface area contributed by atoms with E-state index in [0.717, 1.165) is 17.0 Å². The number of nitrogens with two attached hydrogens (primary N) is 1. The van der Waals surface area contributed by atoms with Gasteiger partial charge in [0.05, 0.1) is 5.39 Å². The normalized spacial score (nSPS) is 30.7. The van der Waals surface area contributed by atoms with Crippen molar-refractivity contribution < 1.29 is 0 Å². The quantitative estimate of drug-likeness (QED) is 0.725. The Morgan fingerprint density at radius 2 is 2.24 bits per heavy atom. The topological polar surface area (TPSA) is 56.7 Å². The second-order valence-electron chi connectivity index (χ2n) is 5.45. The molecule has 0 atom stereocenters. The predicted octanol–water partition coefficient (Wildman–Crippen LogP) is 0.706. The number of aromatic nitrogens is 3. The lowest BCUT2D eigenvalue weighted by Gasteiger charge is -2.40. The fraction of sp³-hybridized carbons (Fsp3) is 0.500. The van der Waals surface area contributed by atoms with Gasteiger partial charge in [0.15, 0.2) is 0 Å². The smallest absolute Gasteiger partial charge is 0.145 e. The minimum absolute atomic E-state index is 0.265. The molecule has 5 rings (SSSR count). The fourth-order valence-electron chi connectivity index (χ4n) is 3.69. The van der Waals surface area contributed by atoms with Gasteiger partial charge in [-0.3, -0.25) is 0 Å². The summed E-state index contributed by atoms with van der Waals surface area (Å²) >= 11 is 0. The maximum atomic E-state index is 6.04. The summed E-state index contributed by atoms with van der Waals surface area (Å²) in [5.41, 5.74) is 7.74. The molecule has 2 heterocycles. The molecule has 0 amide bonds. The molecule has 3 saturated carbocycles. The van der Waals surface area contributed by atoms with E-state index in [9.17, 15) is 0 Å². The molecule has 2 radical (unpaired) electrons. The highest BCUT2D eigenvalue weighted by Crippen LogP contribution is 2.57. The Labute approximate surface area is 101 Å². The number of hydrogen-bond acceptors (Lipinski definition) is 3. The number of nitrogen functional groups attached to an aromatic ring is 1. The maximum absolute atomic E-state index is 6.04. The summed E-state index contributed by atoms with van der Waals surface area (Å²) in [5.74, 6) is 1.39. The van der Waals surface area contributed by atoms with Gasteiger partial charge in [-0.1, -0.05) is 5.46 Å². The SMILES string of the molecule is [B]c1cn(C23CCC(C2)C3)c2ncnc(N)c12. The van der Waals surface area contributed by atoms with Gasteiger partial charge >= 0.3 is 0 Å². The Bertz CT molecular complexity index is 607. The van der Waals surface area contributed by atoms with Crippen molar-refractivity contribution in [2.45, 2.75) is 31.2 Å². The molecule has 0 aromatic carbocycles. The van der Waals surface area contributed by atoms with Gasteiger partial charge < -0.3 is 10.3 Å². The van der Waals surface area contributed by atoms with Crippen LogP contribution in [0.4, 0.5) is 5.82 Å². The Kier molecular flexibility index (Phi) is 1.59. The van der Waals surface area contributed by atoms with Crippen LogP contribution in [0.15, 0.2) is 12.5 Å². The van der Waals surface area contributed by atoms with Crippen LogP contribution in [-0.2, 0) is 5.54 Å². The van der Waals surface area contributed by atoms with E-state index in [-0.39, 0.29) is 5.54 Å². The molecule has 0 spiro atoms. The van der Waals surface area contributed by atoms with E-state index < -0.39 is 0 Å². The van der Waals surface area contributed by atoms with Crippen LogP contribution in [0.1, 0.15) is 25.7 Å². The predicted molar refractivity (Wildman–Crippen MR) is 67.3 cm³/mol. The Morgan fingerprint density at radius 1 is 1.41 bits per heavy atom. The third kappa shape index (κ3) is 1.04. The van der Waals surface area contributed by atoms with Crippen LogP contribution in [0.25, 0.3) is 11.0 Å². The van der Waals surface area contributed by atoms with Gasteiger partial charge in [0, 0.05) is 5.54 Å². The molecule has 0 aliphatic heterocycles. The van der Waals surface area contributed by atoms with Crippen molar-refractivity contribution >= 4 is 30.2 Å². The lowest BCUT2D eigenvalue weighted by atomic mass is 9.77. The second-order valence-corrected chi connectivity index (χ2v) is 5.45. The third-order valence-corrected chi connectivity index (χ3v) is 4.51. The molecule has 3 fully saturated rings. The minimum atomic E-state index is 0.265. The summed E-state index contributed by atoms with van der Waals surface area (Å²) in [4.78, 5) is 8.39. The molecule has 2 bridgehead atoms. The molecule has 5 heteroatoms. The van der Waals surface area contributed by atoms with E-state index in [1.165, 1.54) is 32.0 Å². The zero-order valence-electron chi connectivity index (χ0n) is 9.56. The van der Waals surface area contributed by atoms with Crippen molar-refractivity contribution in [2.24, 2.45) is 5.92 Å². The molecule has 0 unspecified atom stereocenters. The first-order chi connectivity index (χ1) is 8.20. The molecular weight excluding hydrogens is 211 g/mol. The van der Waals surface area contributed by atoms with Crippen LogP contribution in [0.2, 0.25) is 0 Å². The fourth-order valence-corrected chi connectivity index (χ4v) is 3.69. The Morgan fingerprint density at radius 3 is 2.94 bits per heavy atom. The highest BCUT2D eigenvalue weighted by Gasteiger charge is 2.52. The van der Waals surface area contributed by atoms with Crippen molar-refractivity contribution in [3.63, 3.8) is 0 Å². The first-order valence-corrected chi connectivity index (χ1v) is 6.07. The molecule has 84 valence electrons. The van der Waals surface area contributed by atoms with Gasteiger partial charge in [-0.05, 0) is 37.8 Å². The highest BCUT2D eigenvalue weighted by molar-refractivity contribution is 6.39. The van der Waals surface area contributed by atoms with Crippen LogP contribution in [0.5, 0.6) is 0 Å². The summed E-state index contributed by atoms with van der Waals surface area (Å²) < 4.78 is 2.25. The van der Waals surface area contributed by atoms with Crippen LogP contribution >= 0.6 is 0 Å². The lowest BCUT2D eigenvalue weighted by Crippen LogP contribution is -2.38. The van der Waals surface area contributed by atoms with Crippen LogP contribution < -0.4 is 11.2 Å². The number of fused-ring (bicyclic) bond motifs is 2. The number of rotatable bonds is 1. The van der Waals surface area contributed by atoms with E-state index in [1.54, 1.807) is 0 Å². The van der Waals surface area contributed by atoms with Crippen molar-refractivity contribution in [2.75, 3.05) is 5.73 Å². The molecule has 2 aromatic heterocycles. The van der Waals surface area contributed by atoms with Gasteiger partial charge in [0.1, 0.15) is 25.6 Å². The average Bonchev–Trinajstić information content (AvgIpc) is 2.90. The highest BCUT2D eigenvalue weighted by atomic mass is 15.1. The van der Waals surface area contributed by atoms with Crippen molar-refractivity contribution in [1.29, 1.82) is 0 Å². The molecular formula is C12H13BN4. The van der Waals surface area contributed by atoms with Gasteiger partial charge in [0.25, 0.3) is 0 Å². The number of anilines is 1. The van der Waals surface area contributed by atoms with Gasteiger partial charge in [-0.25, -0.2) is 9.97 Å². The average molecular weight is 224 g/mol. The zero-order valence-corrected chi connectivity index (χ0v) is 9.56. The van der Waals surface area contributed by atoms with Crippen molar-refractivity contribution in [3.8, 4) is 0 Å². The summed E-state index contributed by atoms with van der Waals surface area (Å²) in [7, 11) is 6.04. The van der Waals surface area contributed by atoms with E-state index in [0.29, 0.717) is 11.3 Å². The van der Waals surface area contributed by atoms with Crippen molar-refractivity contribution in [3.05, 3.63) is 12.5 Å². The standard InChI is InChI=1S/C12H13BN4/c13-8-5-17(12-2-1-7(3-12)4-12)11-9(8)10(14)15-6-16-11/h5-7H,1-4H2,(H2,14,15,16). The van der Waals surface area contributed by atoms with Crippen LogP contribution in [0, 0.1) is 5.92 Å². The van der Waals surface area contributed by atoms with E-state index in [2.05, 4.69) is 14.5 Å². The largest absolute Gasteiger partial charge is 0.383 e. The molecule has 3 aliphatic rings. The van der Waals surface area contributed by atoms with E-state index in [1.807, 2.05) is 6.20 Å². The van der Waals surface area contributed by atoms with Gasteiger partial charge in [-0.2, -0.15) is 0 Å². The van der Waals surface area contributed by atoms with Gasteiger partial charge in [-0.15, -0.1) is 0 Å². The Balaban J connectivity index is 2.00. The zero-order chi connectivity index (χ0) is 11.6. The molecule has 3 aliphatic carbocycles. The Hall–Kier alpha value is -1.52. The first kappa shape index (κ1) is 9.51. The maximum Gasteiger partial charge on any atom is 0.145 e. The third-order valence-electron chi connectivity index (χ3n) is 4.51. The van der Waals surface area contributed by atoms with Crippen LogP contribution in [-0.4, -0.2) is 22.4 Å².